The van der Waals surface area contributed by atoms with Crippen molar-refractivity contribution in [2.75, 3.05) is 0 Å². The maximum Gasteiger partial charge on any atom is 0.223 e. The quantitative estimate of drug-likeness (QED) is 0.398. The monoisotopic (exact) mass is 443 g/mol. The van der Waals surface area contributed by atoms with Crippen molar-refractivity contribution in [3.8, 4) is 0 Å². The van der Waals surface area contributed by atoms with E-state index in [2.05, 4.69) is 33.9 Å². The number of amides is 1. The van der Waals surface area contributed by atoms with Crippen LogP contribution in [0, 0.1) is 11.6 Å². The van der Waals surface area contributed by atoms with Crippen molar-refractivity contribution in [1.29, 1.82) is 0 Å². The maximum absolute atomic E-state index is 14.1. The summed E-state index contributed by atoms with van der Waals surface area (Å²) < 4.78 is 34.5. The van der Waals surface area contributed by atoms with Crippen LogP contribution >= 0.6 is 11.6 Å². The Hall–Kier alpha value is -0.983. The fourth-order valence-electron chi connectivity index (χ4n) is 4.83. The topological polar surface area (TPSA) is 29.5 Å². The molecule has 1 aromatic rings. The third kappa shape index (κ3) is 3.65. The van der Waals surface area contributed by atoms with Crippen molar-refractivity contribution in [2.45, 2.75) is 95.6 Å². The normalized spacial score (nSPS) is 25.7. The first kappa shape index (κ1) is 22.7. The van der Waals surface area contributed by atoms with Gasteiger partial charge in [0.2, 0.25) is 5.91 Å². The number of nitrogens with zero attached hydrogens (tertiary/aromatic N) is 1. The van der Waals surface area contributed by atoms with E-state index >= 15 is 0 Å². The Morgan fingerprint density at radius 2 is 1.72 bits per heavy atom. The number of halogens is 3. The van der Waals surface area contributed by atoms with Gasteiger partial charge in [-0.2, -0.15) is 0 Å². The van der Waals surface area contributed by atoms with Crippen LogP contribution < -0.4 is 0 Å². The molecule has 2 aliphatic rings. The highest BCUT2D eigenvalue weighted by Gasteiger charge is 2.59. The summed E-state index contributed by atoms with van der Waals surface area (Å²) in [5.41, 5.74) is -0.744. The minimum atomic E-state index is -2.08. The predicted molar refractivity (Wildman–Crippen MR) is 115 cm³/mol. The summed E-state index contributed by atoms with van der Waals surface area (Å²) in [7, 11) is -2.08. The molecule has 0 spiro atoms. The zero-order valence-corrected chi connectivity index (χ0v) is 20.2. The van der Waals surface area contributed by atoms with E-state index in [9.17, 15) is 13.6 Å². The highest BCUT2D eigenvalue weighted by molar-refractivity contribution is 6.74. The van der Waals surface area contributed by atoms with E-state index in [-0.39, 0.29) is 22.0 Å². The molecule has 0 unspecified atom stereocenters. The molecule has 1 amide bonds. The molecule has 0 saturated carbocycles. The molecule has 2 saturated heterocycles. The van der Waals surface area contributed by atoms with Crippen molar-refractivity contribution in [1.82, 2.24) is 4.90 Å². The smallest absolute Gasteiger partial charge is 0.223 e. The zero-order valence-electron chi connectivity index (χ0n) is 18.5. The van der Waals surface area contributed by atoms with Crippen LogP contribution in [0.2, 0.25) is 23.2 Å². The largest absolute Gasteiger partial charge is 0.410 e. The standard InChI is InChI=1S/C22H32ClF2NO2Si/c1-20(2,3)29(6,7)28-21(4,5)18-8-10-22(11-9-19(27)26(18)22)14-12-16(24)17(25)13-15(14)23/h12-13,18H,8-11H2,1-7H3/t18-,22-/m1/s1. The van der Waals surface area contributed by atoms with Crippen LogP contribution in [0.5, 0.6) is 0 Å². The highest BCUT2D eigenvalue weighted by Crippen LogP contribution is 2.55. The average molecular weight is 444 g/mol. The third-order valence-corrected chi connectivity index (χ3v) is 12.2. The van der Waals surface area contributed by atoms with Crippen molar-refractivity contribution in [2.24, 2.45) is 0 Å². The van der Waals surface area contributed by atoms with Crippen LogP contribution in [-0.4, -0.2) is 30.8 Å². The Labute approximate surface area is 178 Å². The third-order valence-electron chi connectivity index (χ3n) is 7.26. The number of fused-ring (bicyclic) bond motifs is 1. The second kappa shape index (κ2) is 7.03. The summed E-state index contributed by atoms with van der Waals surface area (Å²) in [6.45, 7) is 15.1. The van der Waals surface area contributed by atoms with Crippen LogP contribution in [0.25, 0.3) is 0 Å². The molecule has 2 aliphatic heterocycles. The van der Waals surface area contributed by atoms with Gasteiger partial charge in [-0.15, -0.1) is 0 Å². The molecule has 3 nitrogen and oxygen atoms in total. The molecule has 0 bridgehead atoms. The molecule has 2 heterocycles. The lowest BCUT2D eigenvalue weighted by atomic mass is 9.85. The van der Waals surface area contributed by atoms with Crippen molar-refractivity contribution in [3.63, 3.8) is 0 Å². The zero-order chi connectivity index (χ0) is 22.0. The van der Waals surface area contributed by atoms with E-state index < -0.39 is 31.1 Å². The summed E-state index contributed by atoms with van der Waals surface area (Å²) in [5.74, 6) is -1.87. The van der Waals surface area contributed by atoms with Gasteiger partial charge in [0.05, 0.1) is 17.2 Å². The van der Waals surface area contributed by atoms with E-state index in [1.165, 1.54) is 6.07 Å². The van der Waals surface area contributed by atoms with E-state index in [4.69, 9.17) is 16.0 Å². The summed E-state index contributed by atoms with van der Waals surface area (Å²) >= 11 is 6.35. The van der Waals surface area contributed by atoms with Crippen molar-refractivity contribution < 1.29 is 18.0 Å². The SMILES string of the molecule is CC(C)(O[Si](C)(C)C(C)(C)C)[C@H]1CC[C@]2(c3cc(F)c(F)cc3Cl)CCC(=O)N12. The minimum Gasteiger partial charge on any atom is -0.410 e. The molecule has 2 atom stereocenters. The van der Waals surface area contributed by atoms with Gasteiger partial charge < -0.3 is 9.33 Å². The Bertz CT molecular complexity index is 837. The molecule has 0 radical (unpaired) electrons. The Balaban J connectivity index is 2.01. The summed E-state index contributed by atoms with van der Waals surface area (Å²) in [6, 6.07) is 2.05. The van der Waals surface area contributed by atoms with Crippen LogP contribution in [0.1, 0.15) is 65.9 Å². The van der Waals surface area contributed by atoms with Gasteiger partial charge in [0.1, 0.15) is 0 Å². The highest BCUT2D eigenvalue weighted by atomic mass is 35.5. The van der Waals surface area contributed by atoms with Crippen LogP contribution in [0.4, 0.5) is 8.78 Å². The Morgan fingerprint density at radius 1 is 1.14 bits per heavy atom. The minimum absolute atomic E-state index is 0.0280. The second-order valence-corrected chi connectivity index (χ2v) is 15.7. The van der Waals surface area contributed by atoms with E-state index in [0.717, 1.165) is 12.5 Å². The fraction of sp³-hybridized carbons (Fsp3) is 0.682. The first-order valence-corrected chi connectivity index (χ1v) is 13.6. The maximum atomic E-state index is 14.1. The summed E-state index contributed by atoms with van der Waals surface area (Å²) in [5, 5.41) is 0.214. The lowest BCUT2D eigenvalue weighted by molar-refractivity contribution is -0.136. The van der Waals surface area contributed by atoms with Gasteiger partial charge in [0.15, 0.2) is 20.0 Å². The molecule has 0 aliphatic carbocycles. The van der Waals surface area contributed by atoms with Gasteiger partial charge in [-0.25, -0.2) is 8.78 Å². The Morgan fingerprint density at radius 3 is 2.31 bits per heavy atom. The summed E-state index contributed by atoms with van der Waals surface area (Å²) in [6.07, 6.45) is 2.34. The molecule has 162 valence electrons. The number of carbonyl (C=O) groups is 1. The van der Waals surface area contributed by atoms with Crippen LogP contribution in [0.3, 0.4) is 0 Å². The average Bonchev–Trinajstić information content (AvgIpc) is 3.08. The van der Waals surface area contributed by atoms with Gasteiger partial charge in [-0.3, -0.25) is 4.79 Å². The molecule has 0 aromatic heterocycles. The van der Waals surface area contributed by atoms with Gasteiger partial charge in [0, 0.05) is 11.4 Å². The number of rotatable bonds is 4. The second-order valence-electron chi connectivity index (χ2n) is 10.6. The fourth-order valence-corrected chi connectivity index (χ4v) is 6.91. The Kier molecular flexibility index (Phi) is 5.50. The first-order chi connectivity index (χ1) is 13.1. The lowest BCUT2D eigenvalue weighted by Gasteiger charge is -2.48. The van der Waals surface area contributed by atoms with Crippen LogP contribution in [0.15, 0.2) is 12.1 Å². The molecule has 3 rings (SSSR count). The predicted octanol–water partition coefficient (Wildman–Crippen LogP) is 6.40. The molecule has 2 fully saturated rings. The molecular weight excluding hydrogens is 412 g/mol. The van der Waals surface area contributed by atoms with Gasteiger partial charge in [0.25, 0.3) is 0 Å². The van der Waals surface area contributed by atoms with Gasteiger partial charge in [-0.1, -0.05) is 32.4 Å². The van der Waals surface area contributed by atoms with Gasteiger partial charge in [-0.05, 0) is 68.9 Å². The van der Waals surface area contributed by atoms with E-state index in [0.29, 0.717) is 24.8 Å². The van der Waals surface area contributed by atoms with Crippen LogP contribution in [-0.2, 0) is 14.8 Å². The van der Waals surface area contributed by atoms with Crippen molar-refractivity contribution in [3.05, 3.63) is 34.4 Å². The molecule has 7 heteroatoms. The summed E-state index contributed by atoms with van der Waals surface area (Å²) in [4.78, 5) is 14.9. The number of benzene rings is 1. The first-order valence-electron chi connectivity index (χ1n) is 10.3. The lowest BCUT2D eigenvalue weighted by Crippen LogP contribution is -2.57. The van der Waals surface area contributed by atoms with E-state index in [1.54, 1.807) is 0 Å². The molecule has 1 aromatic carbocycles. The molecule has 0 N–H and O–H groups in total. The number of carbonyl (C=O) groups excluding carboxylic acids is 1. The van der Waals surface area contributed by atoms with E-state index in [1.807, 2.05) is 18.7 Å². The van der Waals surface area contributed by atoms with Gasteiger partial charge >= 0.3 is 0 Å². The van der Waals surface area contributed by atoms with Crippen molar-refractivity contribution >= 4 is 25.8 Å². The number of hydrogen-bond acceptors (Lipinski definition) is 2. The molecule has 29 heavy (non-hydrogen) atoms. The number of hydrogen-bond donors (Lipinski definition) is 0. The molecular formula is C22H32ClF2NO2Si.